The molecule has 3 aliphatic heterocycles. The molecule has 4 heterocycles. The van der Waals surface area contributed by atoms with Crippen LogP contribution in [0, 0.1) is 5.92 Å². The second-order valence-electron chi connectivity index (χ2n) is 12.7. The summed E-state index contributed by atoms with van der Waals surface area (Å²) in [5.41, 5.74) is 0.231. The summed E-state index contributed by atoms with van der Waals surface area (Å²) in [7, 11) is 0. The molecule has 3 fully saturated rings. The number of nitrogens with one attached hydrogen (secondary N) is 1. The molecule has 0 aliphatic carbocycles. The lowest BCUT2D eigenvalue weighted by Gasteiger charge is -2.41. The Morgan fingerprint density at radius 2 is 1.58 bits per heavy atom. The van der Waals surface area contributed by atoms with Gasteiger partial charge in [-0.2, -0.15) is 0 Å². The predicted molar refractivity (Wildman–Crippen MR) is 161 cm³/mol. The maximum Gasteiger partial charge on any atom is 0.407 e. The van der Waals surface area contributed by atoms with E-state index in [4.69, 9.17) is 9.47 Å². The van der Waals surface area contributed by atoms with Crippen molar-refractivity contribution < 1.29 is 29.0 Å². The number of nitrogens with zero attached hydrogens (tertiary/aromatic N) is 6. The molecule has 0 saturated carbocycles. The topological polar surface area (TPSA) is 141 Å². The normalized spacial score (nSPS) is 19.8. The summed E-state index contributed by atoms with van der Waals surface area (Å²) in [4.78, 5) is 53.5. The van der Waals surface area contributed by atoms with Gasteiger partial charge in [0.15, 0.2) is 0 Å². The zero-order valence-electron chi connectivity index (χ0n) is 26.0. The number of carbonyl (C=O) groups excluding carboxylic acids is 2. The highest BCUT2D eigenvalue weighted by molar-refractivity contribution is 5.76. The monoisotopic (exact) mass is 603 g/mol. The molecule has 2 amide bonds. The number of alkyl carbamates (subject to hydrolysis) is 1. The van der Waals surface area contributed by atoms with Crippen LogP contribution in [-0.2, 0) is 25.6 Å². The molecular formula is C30H49N7O6. The van der Waals surface area contributed by atoms with E-state index < -0.39 is 17.7 Å². The van der Waals surface area contributed by atoms with Crippen LogP contribution in [-0.4, -0.2) is 132 Å². The van der Waals surface area contributed by atoms with E-state index in [1.54, 1.807) is 12.4 Å². The second kappa shape index (κ2) is 15.6. The molecular weight excluding hydrogens is 554 g/mol. The summed E-state index contributed by atoms with van der Waals surface area (Å²) >= 11 is 0. The Kier molecular flexibility index (Phi) is 11.9. The van der Waals surface area contributed by atoms with Gasteiger partial charge < -0.3 is 39.5 Å². The molecule has 13 nitrogen and oxygen atoms in total. The van der Waals surface area contributed by atoms with Gasteiger partial charge in [-0.1, -0.05) is 0 Å². The fraction of sp³-hybridized carbons (Fsp3) is 0.767. The van der Waals surface area contributed by atoms with E-state index in [2.05, 4.69) is 30.0 Å². The number of aromatic nitrogens is 2. The summed E-state index contributed by atoms with van der Waals surface area (Å²) in [6.45, 7) is 14.1. The van der Waals surface area contributed by atoms with Crippen molar-refractivity contribution in [1.82, 2.24) is 30.0 Å². The SMILES string of the molecule is CC(C)(C)OC(=O)NCc1cnc(N2CCN(C(=O)CCOCCN3CCC(N4CCC(C(=O)O)CC4)CC3)CC2)nc1. The third-order valence-electron chi connectivity index (χ3n) is 8.41. The molecule has 4 rings (SSSR count). The number of aliphatic carboxylic acids is 1. The van der Waals surface area contributed by atoms with E-state index in [9.17, 15) is 19.5 Å². The molecule has 3 saturated heterocycles. The third-order valence-corrected chi connectivity index (χ3v) is 8.41. The lowest BCUT2D eigenvalue weighted by atomic mass is 9.93. The molecule has 1 aromatic heterocycles. The van der Waals surface area contributed by atoms with E-state index in [1.807, 2.05) is 25.7 Å². The molecule has 0 aromatic carbocycles. The number of anilines is 1. The zero-order valence-corrected chi connectivity index (χ0v) is 26.0. The van der Waals surface area contributed by atoms with Crippen molar-refractivity contribution in [2.75, 3.05) is 77.0 Å². The smallest absolute Gasteiger partial charge is 0.407 e. The second-order valence-corrected chi connectivity index (χ2v) is 12.7. The van der Waals surface area contributed by atoms with Gasteiger partial charge in [0.1, 0.15) is 5.60 Å². The van der Waals surface area contributed by atoms with E-state index in [0.717, 1.165) is 64.0 Å². The van der Waals surface area contributed by atoms with Crippen LogP contribution in [0.5, 0.6) is 0 Å². The Labute approximate surface area is 254 Å². The summed E-state index contributed by atoms with van der Waals surface area (Å²) in [6, 6.07) is 0.559. The summed E-state index contributed by atoms with van der Waals surface area (Å²) in [5, 5.41) is 11.9. The largest absolute Gasteiger partial charge is 0.481 e. The predicted octanol–water partition coefficient (Wildman–Crippen LogP) is 1.82. The van der Waals surface area contributed by atoms with Gasteiger partial charge in [-0.3, -0.25) is 9.59 Å². The maximum absolute atomic E-state index is 12.7. The molecule has 0 bridgehead atoms. The van der Waals surface area contributed by atoms with Crippen LogP contribution in [0.1, 0.15) is 58.4 Å². The summed E-state index contributed by atoms with van der Waals surface area (Å²) in [5.74, 6) is -0.105. The number of piperazine rings is 1. The quantitative estimate of drug-likeness (QED) is 0.358. The molecule has 240 valence electrons. The van der Waals surface area contributed by atoms with Crippen LogP contribution in [0.2, 0.25) is 0 Å². The van der Waals surface area contributed by atoms with Gasteiger partial charge in [-0.15, -0.1) is 0 Å². The standard InChI is InChI=1S/C30H49N7O6/c1-30(2,3)43-29(41)33-22-23-20-31-28(32-21-23)37-15-13-36(14-16-37)26(38)8-18-42-19-17-34-9-6-25(7-10-34)35-11-4-24(5-12-35)27(39)40/h20-21,24-25H,4-19,22H2,1-3H3,(H,33,41)(H,39,40). The first-order valence-corrected chi connectivity index (χ1v) is 15.6. The van der Waals surface area contributed by atoms with E-state index >= 15 is 0 Å². The Morgan fingerprint density at radius 1 is 0.930 bits per heavy atom. The summed E-state index contributed by atoms with van der Waals surface area (Å²) < 4.78 is 11.1. The van der Waals surface area contributed by atoms with Crippen molar-refractivity contribution in [1.29, 1.82) is 0 Å². The summed E-state index contributed by atoms with van der Waals surface area (Å²) in [6.07, 6.45) is 7.05. The van der Waals surface area contributed by atoms with Gasteiger partial charge in [0.25, 0.3) is 0 Å². The van der Waals surface area contributed by atoms with Crippen molar-refractivity contribution in [2.24, 2.45) is 5.92 Å². The molecule has 3 aliphatic rings. The lowest BCUT2D eigenvalue weighted by Crippen LogP contribution is -2.49. The number of carboxylic acid groups (broad SMARTS) is 1. The Hall–Kier alpha value is -3.03. The zero-order chi connectivity index (χ0) is 30.8. The first-order valence-electron chi connectivity index (χ1n) is 15.6. The van der Waals surface area contributed by atoms with Crippen LogP contribution < -0.4 is 10.2 Å². The van der Waals surface area contributed by atoms with Crippen molar-refractivity contribution in [3.05, 3.63) is 18.0 Å². The van der Waals surface area contributed by atoms with E-state index in [1.165, 1.54) is 0 Å². The van der Waals surface area contributed by atoms with E-state index in [-0.39, 0.29) is 18.4 Å². The minimum Gasteiger partial charge on any atom is -0.481 e. The number of carbonyl (C=O) groups is 3. The molecule has 43 heavy (non-hydrogen) atoms. The first kappa shape index (κ1) is 32.9. The number of hydrogen-bond acceptors (Lipinski definition) is 10. The molecule has 2 N–H and O–H groups in total. The highest BCUT2D eigenvalue weighted by Crippen LogP contribution is 2.24. The molecule has 13 heteroatoms. The van der Waals surface area contributed by atoms with Gasteiger partial charge in [0, 0.05) is 63.3 Å². The van der Waals surface area contributed by atoms with Crippen molar-refractivity contribution in [2.45, 2.75) is 71.1 Å². The highest BCUT2D eigenvalue weighted by Gasteiger charge is 2.30. The van der Waals surface area contributed by atoms with Gasteiger partial charge in [-0.25, -0.2) is 14.8 Å². The third kappa shape index (κ3) is 10.6. The lowest BCUT2D eigenvalue weighted by molar-refractivity contribution is -0.143. The number of carboxylic acids is 1. The molecule has 0 radical (unpaired) electrons. The number of rotatable bonds is 11. The fourth-order valence-corrected chi connectivity index (χ4v) is 5.88. The Morgan fingerprint density at radius 3 is 2.19 bits per heavy atom. The average Bonchev–Trinajstić information content (AvgIpc) is 2.99. The number of piperidine rings is 2. The Balaban J connectivity index is 1.04. The number of ether oxygens (including phenoxy) is 2. The van der Waals surface area contributed by atoms with Crippen molar-refractivity contribution in [3.8, 4) is 0 Å². The molecule has 0 unspecified atom stereocenters. The van der Waals surface area contributed by atoms with Crippen LogP contribution in [0.15, 0.2) is 12.4 Å². The van der Waals surface area contributed by atoms with Crippen LogP contribution in [0.3, 0.4) is 0 Å². The minimum atomic E-state index is -0.653. The van der Waals surface area contributed by atoms with Crippen molar-refractivity contribution >= 4 is 23.9 Å². The Bertz CT molecular complexity index is 1040. The van der Waals surface area contributed by atoms with Crippen LogP contribution >= 0.6 is 0 Å². The number of hydrogen-bond donors (Lipinski definition) is 2. The van der Waals surface area contributed by atoms with Gasteiger partial charge in [-0.05, 0) is 72.6 Å². The van der Waals surface area contributed by atoms with Crippen molar-refractivity contribution in [3.63, 3.8) is 0 Å². The molecule has 1 aromatic rings. The minimum absolute atomic E-state index is 0.108. The molecule has 0 atom stereocenters. The highest BCUT2D eigenvalue weighted by atomic mass is 16.6. The van der Waals surface area contributed by atoms with E-state index in [0.29, 0.717) is 57.8 Å². The first-order chi connectivity index (χ1) is 20.6. The van der Waals surface area contributed by atoms with Gasteiger partial charge >= 0.3 is 12.1 Å². The maximum atomic E-state index is 12.7. The number of likely N-dealkylation sites (tertiary alicyclic amines) is 2. The molecule has 0 spiro atoms. The van der Waals surface area contributed by atoms with Crippen LogP contribution in [0.4, 0.5) is 10.7 Å². The van der Waals surface area contributed by atoms with Gasteiger partial charge in [0.05, 0.1) is 25.6 Å². The fourth-order valence-electron chi connectivity index (χ4n) is 5.88. The van der Waals surface area contributed by atoms with Crippen LogP contribution in [0.25, 0.3) is 0 Å². The number of amides is 2. The average molecular weight is 604 g/mol. The van der Waals surface area contributed by atoms with Gasteiger partial charge in [0.2, 0.25) is 11.9 Å².